The summed E-state index contributed by atoms with van der Waals surface area (Å²) in [5.41, 5.74) is 13.9. The molecule has 3 aliphatic heterocycles. The van der Waals surface area contributed by atoms with Crippen molar-refractivity contribution < 1.29 is 14.2 Å². The van der Waals surface area contributed by atoms with E-state index in [2.05, 4.69) is 28.4 Å². The Morgan fingerprint density at radius 3 is 2.65 bits per heavy atom. The molecule has 1 aromatic heterocycles. The molecule has 0 amide bonds. The summed E-state index contributed by atoms with van der Waals surface area (Å²) >= 11 is 0. The zero-order chi connectivity index (χ0) is 17.8. The van der Waals surface area contributed by atoms with Crippen molar-refractivity contribution in [3.63, 3.8) is 0 Å². The van der Waals surface area contributed by atoms with Gasteiger partial charge in [0, 0.05) is 29.1 Å². The molecule has 2 N–H and O–H groups in total. The van der Waals surface area contributed by atoms with E-state index in [0.29, 0.717) is 25.6 Å². The van der Waals surface area contributed by atoms with Gasteiger partial charge in [-0.2, -0.15) is 0 Å². The Morgan fingerprint density at radius 1 is 1.23 bits per heavy atom. The lowest BCUT2D eigenvalue weighted by molar-refractivity contribution is -0.220. The van der Waals surface area contributed by atoms with Crippen molar-refractivity contribution >= 4 is 11.6 Å². The first-order chi connectivity index (χ1) is 12.7. The molecule has 2 atom stereocenters. The summed E-state index contributed by atoms with van der Waals surface area (Å²) in [7, 11) is 0. The molecule has 0 aromatic carbocycles. The zero-order valence-corrected chi connectivity index (χ0v) is 14.4. The number of amidine groups is 1. The summed E-state index contributed by atoms with van der Waals surface area (Å²) in [5.74, 6) is 0.650. The number of nitrogens with zero attached hydrogens (tertiary/aromatic N) is 3. The third-order valence-electron chi connectivity index (χ3n) is 5.68. The van der Waals surface area contributed by atoms with Gasteiger partial charge in [0.05, 0.1) is 18.6 Å². The average Bonchev–Trinajstić information content (AvgIpc) is 3.03. The third-order valence-corrected chi connectivity index (χ3v) is 5.68. The number of nitrogens with two attached hydrogens (primary N) is 1. The van der Waals surface area contributed by atoms with Crippen molar-refractivity contribution in [2.24, 2.45) is 16.1 Å². The molecule has 26 heavy (non-hydrogen) atoms. The van der Waals surface area contributed by atoms with Crippen LogP contribution in [0.1, 0.15) is 18.9 Å². The number of allylic oxidation sites excluding steroid dienone is 2. The van der Waals surface area contributed by atoms with Crippen molar-refractivity contribution in [2.75, 3.05) is 19.8 Å². The van der Waals surface area contributed by atoms with Crippen LogP contribution < -0.4 is 5.73 Å². The van der Waals surface area contributed by atoms with Gasteiger partial charge in [-0.1, -0.05) is 12.7 Å². The van der Waals surface area contributed by atoms with Crippen LogP contribution in [0.15, 0.2) is 52.6 Å². The molecular weight excluding hydrogens is 332 g/mol. The second-order valence-corrected chi connectivity index (χ2v) is 6.94. The predicted octanol–water partition coefficient (Wildman–Crippen LogP) is 1.35. The number of hydrogen-bond donors (Lipinski definition) is 1. The Hall–Kier alpha value is -2.85. The monoisotopic (exact) mass is 350 g/mol. The number of aromatic nitrogens is 2. The molecule has 2 saturated heterocycles. The fourth-order valence-electron chi connectivity index (χ4n) is 4.27. The van der Waals surface area contributed by atoms with Gasteiger partial charge in [0.25, 0.3) is 6.02 Å². The van der Waals surface area contributed by atoms with E-state index >= 15 is 0 Å². The maximum Gasteiger partial charge on any atom is 0.283 e. The Bertz CT molecular complexity index is 935. The molecule has 1 aliphatic carbocycles. The highest BCUT2D eigenvalue weighted by molar-refractivity contribution is 5.80. The Kier molecular flexibility index (Phi) is 3.15. The summed E-state index contributed by atoms with van der Waals surface area (Å²) in [6.45, 7) is 3.60. The first-order valence-corrected chi connectivity index (χ1v) is 8.65. The lowest BCUT2D eigenvalue weighted by Gasteiger charge is -2.58. The van der Waals surface area contributed by atoms with E-state index in [1.807, 2.05) is 6.08 Å². The number of ether oxygens (including phenoxy) is 3. The first-order valence-electron chi connectivity index (χ1n) is 8.65. The van der Waals surface area contributed by atoms with Gasteiger partial charge in [-0.25, -0.2) is 15.0 Å². The summed E-state index contributed by atoms with van der Waals surface area (Å²) in [4.78, 5) is 13.0. The molecule has 4 aliphatic rings. The topological polar surface area (TPSA) is 91.9 Å². The number of aliphatic imine (C=N–C) groups is 1. The van der Waals surface area contributed by atoms with Crippen LogP contribution >= 0.6 is 0 Å². The molecule has 4 heterocycles. The predicted molar refractivity (Wildman–Crippen MR) is 92.8 cm³/mol. The molecule has 7 nitrogen and oxygen atoms in total. The first kappa shape index (κ1) is 15.4. The highest BCUT2D eigenvalue weighted by Gasteiger charge is 2.68. The normalized spacial score (nSPS) is 30.4. The lowest BCUT2D eigenvalue weighted by atomic mass is 9.58. The largest absolute Gasteiger partial charge is 0.481 e. The van der Waals surface area contributed by atoms with Crippen LogP contribution in [0.5, 0.6) is 0 Å². The number of hydrogen-bond acceptors (Lipinski definition) is 7. The number of rotatable bonds is 2. The van der Waals surface area contributed by atoms with E-state index in [1.165, 1.54) is 6.33 Å². The Morgan fingerprint density at radius 2 is 2.04 bits per heavy atom. The molecule has 1 aromatic rings. The van der Waals surface area contributed by atoms with Crippen LogP contribution in [0.2, 0.25) is 0 Å². The molecule has 2 spiro atoms. The molecule has 5 rings (SSSR count). The van der Waals surface area contributed by atoms with Crippen LogP contribution in [0.4, 0.5) is 0 Å². The SMILES string of the molecule is CCC1OC2=C=C=C(c3cncnc3)C=C2C2(COC(N)=N2)C12COC2. The van der Waals surface area contributed by atoms with E-state index in [-0.39, 0.29) is 17.5 Å². The van der Waals surface area contributed by atoms with E-state index in [0.717, 1.165) is 23.1 Å². The molecule has 0 bridgehead atoms. The standard InChI is InChI=1S/C19H18N4O3/c1-2-16-18(8-24-9-18)19(10-25-17(20)23-19)14-5-12(3-4-15(14)26-16)13-6-21-11-22-7-13/h5-7,11,16H,2,8-10H2,1H3,(H2,20,23). The van der Waals surface area contributed by atoms with Gasteiger partial charge in [-0.15, -0.1) is 0 Å². The molecule has 0 radical (unpaired) electrons. The Labute approximate surface area is 150 Å². The second-order valence-electron chi connectivity index (χ2n) is 6.94. The molecule has 7 heteroatoms. The molecule has 132 valence electrons. The van der Waals surface area contributed by atoms with Gasteiger partial charge in [-0.05, 0) is 18.2 Å². The van der Waals surface area contributed by atoms with Crippen molar-refractivity contribution in [1.82, 2.24) is 9.97 Å². The highest BCUT2D eigenvalue weighted by atomic mass is 16.5. The minimum atomic E-state index is -0.639. The maximum absolute atomic E-state index is 6.29. The molecule has 2 unspecified atom stereocenters. The van der Waals surface area contributed by atoms with Crippen LogP contribution in [0.25, 0.3) is 5.57 Å². The third kappa shape index (κ3) is 1.85. The van der Waals surface area contributed by atoms with Gasteiger partial charge in [-0.3, -0.25) is 0 Å². The van der Waals surface area contributed by atoms with Crippen LogP contribution in [-0.2, 0) is 14.2 Å². The summed E-state index contributed by atoms with van der Waals surface area (Å²) < 4.78 is 17.5. The van der Waals surface area contributed by atoms with E-state index in [4.69, 9.17) is 24.9 Å². The van der Waals surface area contributed by atoms with Gasteiger partial charge in [0.1, 0.15) is 24.6 Å². The minimum absolute atomic E-state index is 0.0439. The van der Waals surface area contributed by atoms with Crippen molar-refractivity contribution in [3.8, 4) is 0 Å². The fourth-order valence-corrected chi connectivity index (χ4v) is 4.27. The molecule has 2 fully saturated rings. The van der Waals surface area contributed by atoms with Gasteiger partial charge >= 0.3 is 0 Å². The van der Waals surface area contributed by atoms with E-state index in [9.17, 15) is 0 Å². The molecule has 0 saturated carbocycles. The summed E-state index contributed by atoms with van der Waals surface area (Å²) in [5, 5.41) is 0. The minimum Gasteiger partial charge on any atom is -0.481 e. The van der Waals surface area contributed by atoms with E-state index in [1.54, 1.807) is 12.4 Å². The van der Waals surface area contributed by atoms with Crippen LogP contribution in [0, 0.1) is 5.41 Å². The summed E-state index contributed by atoms with van der Waals surface area (Å²) in [6.07, 6.45) is 7.80. The summed E-state index contributed by atoms with van der Waals surface area (Å²) in [6, 6.07) is 0.205. The Balaban J connectivity index is 1.71. The fraction of sp³-hybridized carbons (Fsp3) is 0.421. The van der Waals surface area contributed by atoms with Crippen LogP contribution in [-0.4, -0.2) is 47.5 Å². The van der Waals surface area contributed by atoms with Crippen molar-refractivity contribution in [2.45, 2.75) is 25.0 Å². The van der Waals surface area contributed by atoms with Crippen molar-refractivity contribution in [3.05, 3.63) is 53.2 Å². The van der Waals surface area contributed by atoms with Gasteiger partial charge < -0.3 is 19.9 Å². The van der Waals surface area contributed by atoms with Crippen LogP contribution in [0.3, 0.4) is 0 Å². The highest BCUT2D eigenvalue weighted by Crippen LogP contribution is 2.57. The maximum atomic E-state index is 6.29. The zero-order valence-electron chi connectivity index (χ0n) is 14.4. The van der Waals surface area contributed by atoms with Gasteiger partial charge in [0.15, 0.2) is 5.76 Å². The average molecular weight is 350 g/mol. The van der Waals surface area contributed by atoms with E-state index < -0.39 is 5.54 Å². The lowest BCUT2D eigenvalue weighted by Crippen LogP contribution is -2.69. The quantitative estimate of drug-likeness (QED) is 0.810. The number of fused-ring (bicyclic) bond motifs is 3. The van der Waals surface area contributed by atoms with Crippen molar-refractivity contribution in [1.29, 1.82) is 0 Å². The second kappa shape index (κ2) is 5.32. The molecular formula is C19H18N4O3. The van der Waals surface area contributed by atoms with Gasteiger partial charge in [0.2, 0.25) is 0 Å². The smallest absolute Gasteiger partial charge is 0.283 e.